The van der Waals surface area contributed by atoms with Crippen molar-refractivity contribution in [3.05, 3.63) is 12.3 Å². The molecule has 0 saturated heterocycles. The Morgan fingerprint density at radius 2 is 2.33 bits per heavy atom. The van der Waals surface area contributed by atoms with Crippen LogP contribution in [0.1, 0.15) is 4.79 Å². The van der Waals surface area contributed by atoms with Crippen LogP contribution < -0.4 is 5.32 Å². The second kappa shape index (κ2) is 2.13. The van der Waals surface area contributed by atoms with E-state index in [2.05, 4.69) is 10.4 Å². The molecular weight excluding hydrogens is 165 g/mol. The third-order valence-corrected chi connectivity index (χ3v) is 1.55. The number of nitrogens with one attached hydrogen (secondary N) is 1. The van der Waals surface area contributed by atoms with Gasteiger partial charge in [0.25, 0.3) is 18.0 Å². The SMILES string of the molecule is O=C1Nc2ccnn2C(=O)C1F. The molecule has 2 rings (SSSR count). The number of anilines is 1. The summed E-state index contributed by atoms with van der Waals surface area (Å²) in [5.74, 6) is -1.68. The van der Waals surface area contributed by atoms with Gasteiger partial charge in [0.2, 0.25) is 0 Å². The van der Waals surface area contributed by atoms with Crippen LogP contribution in [-0.4, -0.2) is 27.8 Å². The number of rotatable bonds is 0. The lowest BCUT2D eigenvalue weighted by atomic mass is 10.3. The number of fused-ring (bicyclic) bond motifs is 1. The molecule has 0 saturated carbocycles. The zero-order chi connectivity index (χ0) is 8.72. The summed E-state index contributed by atoms with van der Waals surface area (Å²) < 4.78 is 13.5. The molecule has 1 atom stereocenters. The zero-order valence-corrected chi connectivity index (χ0v) is 5.82. The Morgan fingerprint density at radius 3 is 3.08 bits per heavy atom. The van der Waals surface area contributed by atoms with Gasteiger partial charge < -0.3 is 5.32 Å². The van der Waals surface area contributed by atoms with E-state index in [0.29, 0.717) is 0 Å². The van der Waals surface area contributed by atoms with Gasteiger partial charge in [-0.25, -0.2) is 4.39 Å². The summed E-state index contributed by atoms with van der Waals surface area (Å²) in [6.45, 7) is 0. The van der Waals surface area contributed by atoms with Crippen LogP contribution in [0.15, 0.2) is 12.3 Å². The molecule has 6 heteroatoms. The van der Waals surface area contributed by atoms with Crippen molar-refractivity contribution in [3.8, 4) is 0 Å². The topological polar surface area (TPSA) is 64.0 Å². The Balaban J connectivity index is 2.53. The number of carbonyl (C=O) groups is 2. The molecule has 1 amide bonds. The van der Waals surface area contributed by atoms with E-state index in [1.54, 1.807) is 0 Å². The molecule has 1 N–H and O–H groups in total. The number of hydrogen-bond acceptors (Lipinski definition) is 3. The second-order valence-corrected chi connectivity index (χ2v) is 2.32. The highest BCUT2D eigenvalue weighted by atomic mass is 19.1. The van der Waals surface area contributed by atoms with Crippen LogP contribution in [0.2, 0.25) is 0 Å². The lowest BCUT2D eigenvalue weighted by Gasteiger charge is -2.15. The average molecular weight is 169 g/mol. The quantitative estimate of drug-likeness (QED) is 0.547. The summed E-state index contributed by atoms with van der Waals surface area (Å²) in [6, 6.07) is 1.42. The molecule has 1 aromatic rings. The first-order valence-corrected chi connectivity index (χ1v) is 3.23. The molecule has 1 aliphatic heterocycles. The molecule has 0 radical (unpaired) electrons. The summed E-state index contributed by atoms with van der Waals surface area (Å²) in [6.07, 6.45) is -0.830. The molecule has 0 aromatic carbocycles. The Kier molecular flexibility index (Phi) is 1.24. The minimum absolute atomic E-state index is 0.207. The number of nitrogens with zero attached hydrogens (tertiary/aromatic N) is 2. The van der Waals surface area contributed by atoms with E-state index in [9.17, 15) is 14.0 Å². The first-order valence-electron chi connectivity index (χ1n) is 3.23. The minimum Gasteiger partial charge on any atom is -0.307 e. The maximum Gasteiger partial charge on any atom is 0.293 e. The van der Waals surface area contributed by atoms with Gasteiger partial charge in [0, 0.05) is 6.07 Å². The summed E-state index contributed by atoms with van der Waals surface area (Å²) in [5, 5.41) is 5.72. The molecule has 1 unspecified atom stereocenters. The normalized spacial score (nSPS) is 21.9. The second-order valence-electron chi connectivity index (χ2n) is 2.32. The molecule has 0 spiro atoms. The molecule has 1 aliphatic rings. The van der Waals surface area contributed by atoms with Gasteiger partial charge in [-0.05, 0) is 0 Å². The fraction of sp³-hybridized carbons (Fsp3) is 0.167. The van der Waals surface area contributed by atoms with Crippen LogP contribution in [0, 0.1) is 0 Å². The van der Waals surface area contributed by atoms with Gasteiger partial charge in [0.1, 0.15) is 5.82 Å². The number of alkyl halides is 1. The maximum absolute atomic E-state index is 12.7. The predicted octanol–water partition coefficient (Wildman–Crippen LogP) is -0.187. The lowest BCUT2D eigenvalue weighted by Crippen LogP contribution is -2.41. The van der Waals surface area contributed by atoms with Crippen LogP contribution in [0.25, 0.3) is 0 Å². The van der Waals surface area contributed by atoms with E-state index in [4.69, 9.17) is 0 Å². The van der Waals surface area contributed by atoms with E-state index in [0.717, 1.165) is 4.68 Å². The van der Waals surface area contributed by atoms with Crippen molar-refractivity contribution in [1.82, 2.24) is 9.78 Å². The fourth-order valence-corrected chi connectivity index (χ4v) is 0.983. The highest BCUT2D eigenvalue weighted by Gasteiger charge is 2.34. The highest BCUT2D eigenvalue weighted by Crippen LogP contribution is 2.14. The van der Waals surface area contributed by atoms with Crippen LogP contribution in [0.3, 0.4) is 0 Å². The van der Waals surface area contributed by atoms with Gasteiger partial charge in [-0.3, -0.25) is 9.59 Å². The molecule has 5 nitrogen and oxygen atoms in total. The van der Waals surface area contributed by atoms with Crippen LogP contribution in [-0.2, 0) is 4.79 Å². The van der Waals surface area contributed by atoms with E-state index in [1.807, 2.05) is 0 Å². The Bertz CT molecular complexity index is 359. The van der Waals surface area contributed by atoms with Crippen molar-refractivity contribution >= 4 is 17.6 Å². The van der Waals surface area contributed by atoms with E-state index < -0.39 is 18.0 Å². The monoisotopic (exact) mass is 169 g/mol. The highest BCUT2D eigenvalue weighted by molar-refractivity contribution is 6.13. The van der Waals surface area contributed by atoms with Crippen LogP contribution in [0.4, 0.5) is 10.2 Å². The lowest BCUT2D eigenvalue weighted by molar-refractivity contribution is -0.119. The number of aromatic nitrogens is 2. The van der Waals surface area contributed by atoms with Crippen molar-refractivity contribution in [2.45, 2.75) is 6.17 Å². The van der Waals surface area contributed by atoms with Gasteiger partial charge in [-0.15, -0.1) is 0 Å². The number of hydrogen-bond donors (Lipinski definition) is 1. The third kappa shape index (κ3) is 0.744. The first-order chi connectivity index (χ1) is 5.70. The molecule has 0 fully saturated rings. The van der Waals surface area contributed by atoms with Crippen LogP contribution in [0.5, 0.6) is 0 Å². The number of carbonyl (C=O) groups excluding carboxylic acids is 2. The van der Waals surface area contributed by atoms with Gasteiger partial charge >= 0.3 is 0 Å². The van der Waals surface area contributed by atoms with Crippen molar-refractivity contribution in [1.29, 1.82) is 0 Å². The average Bonchev–Trinajstić information content (AvgIpc) is 2.48. The van der Waals surface area contributed by atoms with E-state index >= 15 is 0 Å². The first kappa shape index (κ1) is 6.96. The Hall–Kier alpha value is -1.72. The standard InChI is InChI=1S/C6H4FN3O2/c7-4-5(11)9-3-1-2-8-10(3)6(4)12/h1-2,4H,(H,9,11). The Morgan fingerprint density at radius 1 is 1.58 bits per heavy atom. The summed E-state index contributed by atoms with van der Waals surface area (Å²) >= 11 is 0. The van der Waals surface area contributed by atoms with Gasteiger partial charge in [-0.2, -0.15) is 9.78 Å². The summed E-state index contributed by atoms with van der Waals surface area (Å²) in [4.78, 5) is 21.7. The van der Waals surface area contributed by atoms with Crippen molar-refractivity contribution in [2.75, 3.05) is 5.32 Å². The molecule has 12 heavy (non-hydrogen) atoms. The third-order valence-electron chi connectivity index (χ3n) is 1.55. The van der Waals surface area contributed by atoms with Crippen molar-refractivity contribution in [2.24, 2.45) is 0 Å². The largest absolute Gasteiger partial charge is 0.307 e. The summed E-state index contributed by atoms with van der Waals surface area (Å²) in [7, 11) is 0. The fourth-order valence-electron chi connectivity index (χ4n) is 0.983. The molecule has 62 valence electrons. The number of amides is 1. The van der Waals surface area contributed by atoms with Gasteiger partial charge in [0.05, 0.1) is 6.20 Å². The molecule has 1 aromatic heterocycles. The van der Waals surface area contributed by atoms with Gasteiger partial charge in [-0.1, -0.05) is 0 Å². The van der Waals surface area contributed by atoms with E-state index in [1.165, 1.54) is 12.3 Å². The zero-order valence-electron chi connectivity index (χ0n) is 5.82. The smallest absolute Gasteiger partial charge is 0.293 e. The van der Waals surface area contributed by atoms with E-state index in [-0.39, 0.29) is 5.82 Å². The Labute approximate surface area is 66.2 Å². The minimum atomic E-state index is -2.14. The van der Waals surface area contributed by atoms with Crippen molar-refractivity contribution in [3.63, 3.8) is 0 Å². The molecule has 0 bridgehead atoms. The summed E-state index contributed by atoms with van der Waals surface area (Å²) in [5.41, 5.74) is 0. The maximum atomic E-state index is 12.7. The molecular formula is C6H4FN3O2. The van der Waals surface area contributed by atoms with Crippen molar-refractivity contribution < 1.29 is 14.0 Å². The molecule has 0 aliphatic carbocycles. The number of halogens is 1. The van der Waals surface area contributed by atoms with Crippen LogP contribution >= 0.6 is 0 Å². The predicted molar refractivity (Wildman–Crippen MR) is 36.4 cm³/mol. The molecule has 2 heterocycles. The van der Waals surface area contributed by atoms with Gasteiger partial charge in [0.15, 0.2) is 0 Å².